The van der Waals surface area contributed by atoms with Gasteiger partial charge in [0.1, 0.15) is 0 Å². The number of fused-ring (bicyclic) bond motifs is 12. The van der Waals surface area contributed by atoms with Gasteiger partial charge in [0, 0.05) is 0 Å². The van der Waals surface area contributed by atoms with Gasteiger partial charge in [-0.3, -0.25) is 0 Å². The van der Waals surface area contributed by atoms with Gasteiger partial charge in [-0.15, -0.1) is 0 Å². The van der Waals surface area contributed by atoms with Crippen LogP contribution in [0.2, 0.25) is 0 Å². The Bertz CT molecular complexity index is 1210. The summed E-state index contributed by atoms with van der Waals surface area (Å²) in [5.41, 5.74) is 0. The van der Waals surface area contributed by atoms with Crippen LogP contribution in [0.3, 0.4) is 0 Å². The third-order valence-electron chi connectivity index (χ3n) is 6.93. The van der Waals surface area contributed by atoms with Crippen molar-refractivity contribution in [1.29, 1.82) is 0 Å². The summed E-state index contributed by atoms with van der Waals surface area (Å²) in [5, 5.41) is 0. The molecule has 240 valence electrons. The molecule has 10 heterocycles. The first kappa shape index (κ1) is 28.9. The van der Waals surface area contributed by atoms with E-state index in [-0.39, 0.29) is 0 Å². The van der Waals surface area contributed by atoms with E-state index in [9.17, 15) is 38.4 Å². The fourth-order valence-corrected chi connectivity index (χ4v) is 28.8. The van der Waals surface area contributed by atoms with Crippen molar-refractivity contribution < 1.29 is 86.6 Å². The predicted octanol–water partition coefficient (Wildman–Crippen LogP) is -7.79. The fourth-order valence-electron chi connectivity index (χ4n) is 5.14. The SMILES string of the molecule is O=C1[O][SbH]23[O]C(=O)C([O]2)C2[O][SbH]4([O]C(=O)C([O]4)C1[O]3)[O]C2=O.O=C1[O][SbH]23[O]C(=O)C([O]2)C2[O][SbH]4([O]C(=O)C([O]4)C1[O]3)[O]C2=O. The maximum atomic E-state index is 11.9. The summed E-state index contributed by atoms with van der Waals surface area (Å²) in [7, 11) is 0. The van der Waals surface area contributed by atoms with Crippen LogP contribution in [0.4, 0.5) is 0 Å². The average molecular weight is 1080 g/mol. The zero-order valence-electron chi connectivity index (χ0n) is 20.4. The Kier molecular flexibility index (Phi) is 6.04. The van der Waals surface area contributed by atoms with Crippen LogP contribution >= 0.6 is 0 Å². The summed E-state index contributed by atoms with van der Waals surface area (Å²) in [5.74, 6) is -7.68. The van der Waals surface area contributed by atoms with Crippen molar-refractivity contribution in [3.8, 4) is 0 Å². The molecule has 0 radical (unpaired) electrons. The summed E-state index contributed by atoms with van der Waals surface area (Å²) in [4.78, 5) is 95.2. The van der Waals surface area contributed by atoms with E-state index >= 15 is 0 Å². The van der Waals surface area contributed by atoms with Gasteiger partial charge in [0.25, 0.3) is 0 Å². The standard InChI is InChI=1S/4C4H4O6.4Sb.4H/c4*5-1(3(7)8)2(6)4(9)10;;;;;;;;/h4*1-2H,(H,7,8)(H,9,10);;;;;;;;/q4*-2;4*+4;;;;/p-8. The van der Waals surface area contributed by atoms with Crippen molar-refractivity contribution in [2.75, 3.05) is 0 Å². The molecule has 0 N–H and O–H groups in total. The van der Waals surface area contributed by atoms with Crippen LogP contribution in [0.1, 0.15) is 0 Å². The van der Waals surface area contributed by atoms with E-state index in [1.54, 1.807) is 0 Å². The Morgan fingerprint density at radius 3 is 0.477 bits per heavy atom. The Morgan fingerprint density at radius 1 is 0.250 bits per heavy atom. The Hall–Kier alpha value is -1.29. The van der Waals surface area contributed by atoms with E-state index in [2.05, 4.69) is 0 Å². The molecular formula is C16H12O24Sb4. The van der Waals surface area contributed by atoms with Gasteiger partial charge in [-0.25, -0.2) is 0 Å². The van der Waals surface area contributed by atoms with Gasteiger partial charge in [0.15, 0.2) is 0 Å². The van der Waals surface area contributed by atoms with E-state index < -0.39 is 179 Å². The molecule has 4 spiro atoms. The molecule has 0 aromatic rings. The second kappa shape index (κ2) is 9.20. The molecule has 8 atom stereocenters. The molecule has 28 heteroatoms. The molecule has 10 fully saturated rings. The summed E-state index contributed by atoms with van der Waals surface area (Å²) in [6.45, 7) is 0. The maximum absolute atomic E-state index is 11.9. The van der Waals surface area contributed by atoms with Gasteiger partial charge in [-0.2, -0.15) is 0 Å². The molecular weight excluding hydrogens is 1060 g/mol. The number of carbonyl (C=O) groups is 8. The number of hydrogen-bond acceptors (Lipinski definition) is 24. The monoisotopic (exact) mass is 1070 g/mol. The van der Waals surface area contributed by atoms with Crippen molar-refractivity contribution in [2.24, 2.45) is 0 Å². The van der Waals surface area contributed by atoms with E-state index in [0.717, 1.165) is 0 Å². The molecule has 0 saturated carbocycles. The topological polar surface area (TPSA) is 284 Å². The Morgan fingerprint density at radius 2 is 0.364 bits per heavy atom. The molecule has 10 rings (SSSR count). The number of carbonyl (C=O) groups excluding carboxylic acids is 8. The molecule has 44 heavy (non-hydrogen) atoms. The van der Waals surface area contributed by atoms with Crippen molar-refractivity contribution in [2.45, 2.75) is 48.8 Å². The molecule has 12 bridgehead atoms. The average Bonchev–Trinajstić information content (AvgIpc) is 3.79. The van der Waals surface area contributed by atoms with Crippen LogP contribution in [0.15, 0.2) is 0 Å². The van der Waals surface area contributed by atoms with Crippen LogP contribution in [0, 0.1) is 0 Å². The number of rotatable bonds is 0. The summed E-state index contributed by atoms with van der Waals surface area (Å²) < 4.78 is 82.2. The van der Waals surface area contributed by atoms with E-state index in [1.807, 2.05) is 0 Å². The van der Waals surface area contributed by atoms with E-state index in [0.29, 0.717) is 0 Å². The van der Waals surface area contributed by atoms with Crippen LogP contribution in [-0.2, 0) is 86.6 Å². The summed E-state index contributed by atoms with van der Waals surface area (Å²) in [6.07, 6.45) is -12.1. The van der Waals surface area contributed by atoms with Crippen molar-refractivity contribution in [3.05, 3.63) is 0 Å². The van der Waals surface area contributed by atoms with Crippen LogP contribution in [0.5, 0.6) is 0 Å². The van der Waals surface area contributed by atoms with Crippen molar-refractivity contribution >= 4 is 130 Å². The quantitative estimate of drug-likeness (QED) is 0.161. The van der Waals surface area contributed by atoms with E-state index in [4.69, 9.17) is 48.2 Å². The van der Waals surface area contributed by atoms with Gasteiger partial charge < -0.3 is 0 Å². The van der Waals surface area contributed by atoms with Gasteiger partial charge in [-0.1, -0.05) is 0 Å². The second-order valence-corrected chi connectivity index (χ2v) is 31.1. The van der Waals surface area contributed by atoms with Crippen LogP contribution < -0.4 is 0 Å². The second-order valence-electron chi connectivity index (χ2n) is 9.68. The molecule has 10 aliphatic rings. The first-order valence-corrected chi connectivity index (χ1v) is 30.7. The van der Waals surface area contributed by atoms with Crippen molar-refractivity contribution in [1.82, 2.24) is 0 Å². The van der Waals surface area contributed by atoms with Crippen molar-refractivity contribution in [3.63, 3.8) is 0 Å². The molecule has 0 aliphatic carbocycles. The normalized spacial score (nSPS) is 45.5. The number of hydrogen-bond donors (Lipinski definition) is 0. The van der Waals surface area contributed by atoms with Crippen LogP contribution in [0.25, 0.3) is 0 Å². The van der Waals surface area contributed by atoms with Gasteiger partial charge >= 0.3 is 265 Å². The molecule has 24 nitrogen and oxygen atoms in total. The van der Waals surface area contributed by atoms with Gasteiger partial charge in [-0.05, 0) is 0 Å². The molecule has 8 unspecified atom stereocenters. The zero-order chi connectivity index (χ0) is 30.6. The molecule has 0 aromatic heterocycles. The summed E-state index contributed by atoms with van der Waals surface area (Å²) in [6, 6.07) is 0. The molecule has 10 aliphatic heterocycles. The third-order valence-corrected chi connectivity index (χ3v) is 29.6. The fraction of sp³-hybridized carbons (Fsp3) is 0.500. The predicted molar refractivity (Wildman–Crippen MR) is 116 cm³/mol. The van der Waals surface area contributed by atoms with Crippen LogP contribution in [-0.4, -0.2) is 179 Å². The third kappa shape index (κ3) is 4.00. The first-order chi connectivity index (χ1) is 20.8. The van der Waals surface area contributed by atoms with E-state index in [1.165, 1.54) is 0 Å². The Labute approximate surface area is 262 Å². The molecule has 10 saturated heterocycles. The van der Waals surface area contributed by atoms with Gasteiger partial charge in [0.05, 0.1) is 0 Å². The minimum absolute atomic E-state index is 0.960. The Balaban J connectivity index is 0.000000123. The van der Waals surface area contributed by atoms with Gasteiger partial charge in [0.2, 0.25) is 0 Å². The molecule has 0 aromatic carbocycles. The zero-order valence-corrected chi connectivity index (χ0v) is 31.8. The summed E-state index contributed by atoms with van der Waals surface area (Å²) >= 11 is -20.0. The molecule has 0 amide bonds. The minimum atomic E-state index is -4.99. The first-order valence-electron chi connectivity index (χ1n) is 12.1.